The average Bonchev–Trinajstić information content (AvgIpc) is 2.10. The molecule has 3 heteroatoms. The van der Waals surface area contributed by atoms with Crippen LogP contribution in [0.1, 0.15) is 19.8 Å². The number of methoxy groups -OCH3 is 1. The van der Waals surface area contributed by atoms with Gasteiger partial charge in [-0.25, -0.2) is 0 Å². The summed E-state index contributed by atoms with van der Waals surface area (Å²) in [6.07, 6.45) is 5.79. The fourth-order valence-electron chi connectivity index (χ4n) is 1.36. The van der Waals surface area contributed by atoms with Gasteiger partial charge in [-0.15, -0.1) is 0 Å². The van der Waals surface area contributed by atoms with Gasteiger partial charge < -0.3 is 9.84 Å². The molecule has 0 aliphatic heterocycles. The monoisotopic (exact) mass is 182 g/mol. The van der Waals surface area contributed by atoms with Crippen molar-refractivity contribution in [3.63, 3.8) is 0 Å². The summed E-state index contributed by atoms with van der Waals surface area (Å²) in [5, 5.41) is 9.90. The molecular weight excluding hydrogens is 168 g/mol. The van der Waals surface area contributed by atoms with Gasteiger partial charge in [-0.05, 0) is 24.6 Å². The van der Waals surface area contributed by atoms with Crippen molar-refractivity contribution in [2.75, 3.05) is 7.11 Å². The molecule has 0 spiro atoms. The van der Waals surface area contributed by atoms with Crippen LogP contribution in [0.2, 0.25) is 0 Å². The van der Waals surface area contributed by atoms with Crippen LogP contribution in [-0.2, 0) is 9.53 Å². The molecule has 1 aliphatic carbocycles. The minimum atomic E-state index is -1.01. The highest BCUT2D eigenvalue weighted by molar-refractivity contribution is 6.03. The molecule has 1 atom stereocenters. The van der Waals surface area contributed by atoms with Crippen molar-refractivity contribution in [2.24, 2.45) is 0 Å². The maximum atomic E-state index is 11.1. The van der Waals surface area contributed by atoms with Crippen molar-refractivity contribution in [3.05, 3.63) is 24.0 Å². The fourth-order valence-corrected chi connectivity index (χ4v) is 1.36. The van der Waals surface area contributed by atoms with Crippen LogP contribution in [0, 0.1) is 0 Å². The van der Waals surface area contributed by atoms with Gasteiger partial charge in [-0.3, -0.25) is 4.79 Å². The molecule has 0 aromatic carbocycles. The quantitative estimate of drug-likeness (QED) is 0.713. The molecule has 0 saturated heterocycles. The second-order valence-corrected chi connectivity index (χ2v) is 3.15. The third-order valence-electron chi connectivity index (χ3n) is 2.02. The highest BCUT2D eigenvalue weighted by atomic mass is 16.5. The van der Waals surface area contributed by atoms with Gasteiger partial charge in [0.1, 0.15) is 5.60 Å². The van der Waals surface area contributed by atoms with E-state index in [0.717, 1.165) is 6.42 Å². The van der Waals surface area contributed by atoms with Gasteiger partial charge in [0.25, 0.3) is 0 Å². The topological polar surface area (TPSA) is 46.5 Å². The number of carbonyl (C=O) groups is 1. The lowest BCUT2D eigenvalue weighted by Crippen LogP contribution is -2.27. The van der Waals surface area contributed by atoms with E-state index in [4.69, 9.17) is 4.74 Å². The van der Waals surface area contributed by atoms with E-state index in [-0.39, 0.29) is 11.5 Å². The van der Waals surface area contributed by atoms with E-state index in [1.165, 1.54) is 25.3 Å². The SMILES string of the molecule is CCCC1(O)C=CC(=O)C(OC)=C1. The van der Waals surface area contributed by atoms with Crippen LogP contribution in [0.5, 0.6) is 0 Å². The smallest absolute Gasteiger partial charge is 0.219 e. The number of allylic oxidation sites excluding steroid dienone is 1. The predicted molar refractivity (Wildman–Crippen MR) is 49.1 cm³/mol. The first-order valence-corrected chi connectivity index (χ1v) is 4.34. The summed E-state index contributed by atoms with van der Waals surface area (Å²) in [7, 11) is 1.43. The van der Waals surface area contributed by atoms with Crippen LogP contribution in [0.25, 0.3) is 0 Å². The van der Waals surface area contributed by atoms with Crippen molar-refractivity contribution in [3.8, 4) is 0 Å². The van der Waals surface area contributed by atoms with E-state index in [9.17, 15) is 9.90 Å². The van der Waals surface area contributed by atoms with Gasteiger partial charge in [-0.1, -0.05) is 13.3 Å². The minimum Gasteiger partial charge on any atom is -0.493 e. The number of hydrogen-bond acceptors (Lipinski definition) is 3. The molecule has 0 aromatic rings. The standard InChI is InChI=1S/C10H14O3/c1-3-5-10(12)6-4-8(11)9(7-10)13-2/h4,6-7,12H,3,5H2,1-2H3. The molecule has 0 fully saturated rings. The van der Waals surface area contributed by atoms with Gasteiger partial charge in [-0.2, -0.15) is 0 Å². The van der Waals surface area contributed by atoms with Crippen LogP contribution in [0.4, 0.5) is 0 Å². The summed E-state index contributed by atoms with van der Waals surface area (Å²) in [6, 6.07) is 0. The maximum absolute atomic E-state index is 11.1. The van der Waals surface area contributed by atoms with E-state index in [2.05, 4.69) is 0 Å². The summed E-state index contributed by atoms with van der Waals surface area (Å²) >= 11 is 0. The van der Waals surface area contributed by atoms with Crippen LogP contribution in [0.3, 0.4) is 0 Å². The lowest BCUT2D eigenvalue weighted by molar-refractivity contribution is -0.114. The van der Waals surface area contributed by atoms with E-state index >= 15 is 0 Å². The second kappa shape index (κ2) is 3.75. The highest BCUT2D eigenvalue weighted by Gasteiger charge is 2.26. The highest BCUT2D eigenvalue weighted by Crippen LogP contribution is 2.23. The molecular formula is C10H14O3. The summed E-state index contributed by atoms with van der Waals surface area (Å²) in [4.78, 5) is 11.1. The molecule has 1 rings (SSSR count). The van der Waals surface area contributed by atoms with Gasteiger partial charge >= 0.3 is 0 Å². The summed E-state index contributed by atoms with van der Waals surface area (Å²) in [5.74, 6) is 0.0294. The number of carbonyl (C=O) groups excluding carboxylic acids is 1. The number of ether oxygens (including phenoxy) is 1. The molecule has 1 unspecified atom stereocenters. The Labute approximate surface area is 77.7 Å². The summed E-state index contributed by atoms with van der Waals surface area (Å²) < 4.78 is 4.85. The molecule has 0 aromatic heterocycles. The lowest BCUT2D eigenvalue weighted by Gasteiger charge is -2.23. The lowest BCUT2D eigenvalue weighted by atomic mass is 9.92. The Morgan fingerprint density at radius 2 is 2.31 bits per heavy atom. The third kappa shape index (κ3) is 2.18. The second-order valence-electron chi connectivity index (χ2n) is 3.15. The summed E-state index contributed by atoms with van der Waals surface area (Å²) in [6.45, 7) is 1.97. The molecule has 0 saturated carbocycles. The van der Waals surface area contributed by atoms with Crippen molar-refractivity contribution in [2.45, 2.75) is 25.4 Å². The molecule has 72 valence electrons. The van der Waals surface area contributed by atoms with E-state index in [1.54, 1.807) is 0 Å². The van der Waals surface area contributed by atoms with Gasteiger partial charge in [0.15, 0.2) is 5.76 Å². The Kier molecular flexibility index (Phi) is 2.88. The number of ketones is 1. The van der Waals surface area contributed by atoms with Crippen molar-refractivity contribution < 1.29 is 14.6 Å². The van der Waals surface area contributed by atoms with E-state index in [0.29, 0.717) is 6.42 Å². The van der Waals surface area contributed by atoms with Crippen molar-refractivity contribution >= 4 is 5.78 Å². The zero-order valence-corrected chi connectivity index (χ0v) is 7.91. The molecule has 0 heterocycles. The maximum Gasteiger partial charge on any atom is 0.219 e. The molecule has 1 aliphatic rings. The molecule has 0 amide bonds. The third-order valence-corrected chi connectivity index (χ3v) is 2.02. The van der Waals surface area contributed by atoms with Crippen LogP contribution in [-0.4, -0.2) is 23.6 Å². The first-order chi connectivity index (χ1) is 6.11. The van der Waals surface area contributed by atoms with E-state index in [1.807, 2.05) is 6.92 Å². The Bertz CT molecular complexity index is 265. The first kappa shape index (κ1) is 9.99. The number of rotatable bonds is 3. The van der Waals surface area contributed by atoms with Gasteiger partial charge in [0.05, 0.1) is 7.11 Å². The van der Waals surface area contributed by atoms with Gasteiger partial charge in [0, 0.05) is 0 Å². The molecule has 0 radical (unpaired) electrons. The van der Waals surface area contributed by atoms with Crippen LogP contribution >= 0.6 is 0 Å². The average molecular weight is 182 g/mol. The molecule has 0 bridgehead atoms. The van der Waals surface area contributed by atoms with Crippen molar-refractivity contribution in [1.82, 2.24) is 0 Å². The Morgan fingerprint density at radius 3 is 2.85 bits per heavy atom. The minimum absolute atomic E-state index is 0.191. The predicted octanol–water partition coefficient (Wildman–Crippen LogP) is 1.19. The zero-order valence-electron chi connectivity index (χ0n) is 7.91. The molecule has 13 heavy (non-hydrogen) atoms. The van der Waals surface area contributed by atoms with Gasteiger partial charge in [0.2, 0.25) is 5.78 Å². The summed E-state index contributed by atoms with van der Waals surface area (Å²) in [5.41, 5.74) is -1.01. The first-order valence-electron chi connectivity index (χ1n) is 4.34. The Balaban J connectivity index is 2.86. The largest absolute Gasteiger partial charge is 0.493 e. The van der Waals surface area contributed by atoms with Crippen LogP contribution < -0.4 is 0 Å². The van der Waals surface area contributed by atoms with Crippen LogP contribution in [0.15, 0.2) is 24.0 Å². The number of aliphatic hydroxyl groups is 1. The fraction of sp³-hybridized carbons (Fsp3) is 0.500. The van der Waals surface area contributed by atoms with Crippen molar-refractivity contribution in [1.29, 1.82) is 0 Å². The zero-order chi connectivity index (χ0) is 9.90. The Morgan fingerprint density at radius 1 is 1.62 bits per heavy atom. The molecule has 3 nitrogen and oxygen atoms in total. The Hall–Kier alpha value is -1.09. The number of hydrogen-bond donors (Lipinski definition) is 1. The molecule has 1 N–H and O–H groups in total. The normalized spacial score (nSPS) is 27.3. The van der Waals surface area contributed by atoms with E-state index < -0.39 is 5.60 Å².